The summed E-state index contributed by atoms with van der Waals surface area (Å²) in [5, 5.41) is 3.18. The smallest absolute Gasteiger partial charge is 0.252 e. The van der Waals surface area contributed by atoms with Crippen LogP contribution in [0.4, 0.5) is 0 Å². The Labute approximate surface area is 136 Å². The van der Waals surface area contributed by atoms with Crippen molar-refractivity contribution in [3.8, 4) is 12.3 Å². The fourth-order valence-corrected chi connectivity index (χ4v) is 2.99. The highest BCUT2D eigenvalue weighted by Crippen LogP contribution is 2.30. The van der Waals surface area contributed by atoms with Crippen molar-refractivity contribution in [1.82, 2.24) is 5.32 Å². The maximum atomic E-state index is 12.7. The number of benzene rings is 2. The second kappa shape index (κ2) is 6.68. The molecular formula is C20H19NO2. The third-order valence-corrected chi connectivity index (χ3v) is 4.21. The Morgan fingerprint density at radius 3 is 2.70 bits per heavy atom. The van der Waals surface area contributed by atoms with Gasteiger partial charge in [-0.15, -0.1) is 6.42 Å². The van der Waals surface area contributed by atoms with Crippen LogP contribution < -0.4 is 5.32 Å². The molecule has 1 aliphatic rings. The van der Waals surface area contributed by atoms with E-state index in [9.17, 15) is 4.79 Å². The number of rotatable bonds is 3. The SMILES string of the molecule is C#Cc1cccc(C(=O)NC2(c3ccccc3)CCCOC2)c1. The first kappa shape index (κ1) is 15.3. The average Bonchev–Trinajstić information content (AvgIpc) is 2.63. The van der Waals surface area contributed by atoms with Gasteiger partial charge in [0, 0.05) is 17.7 Å². The number of terminal acetylenes is 1. The summed E-state index contributed by atoms with van der Waals surface area (Å²) in [5.74, 6) is 2.43. The van der Waals surface area contributed by atoms with Gasteiger partial charge in [-0.25, -0.2) is 0 Å². The van der Waals surface area contributed by atoms with E-state index in [0.29, 0.717) is 17.7 Å². The van der Waals surface area contributed by atoms with Crippen molar-refractivity contribution in [2.45, 2.75) is 18.4 Å². The van der Waals surface area contributed by atoms with Gasteiger partial charge in [-0.2, -0.15) is 0 Å². The van der Waals surface area contributed by atoms with Crippen LogP contribution in [0.2, 0.25) is 0 Å². The molecule has 3 rings (SSSR count). The highest BCUT2D eigenvalue weighted by molar-refractivity contribution is 5.95. The normalized spacial score (nSPS) is 20.5. The van der Waals surface area contributed by atoms with E-state index in [1.807, 2.05) is 36.4 Å². The Morgan fingerprint density at radius 2 is 2.00 bits per heavy atom. The number of carbonyl (C=O) groups excluding carboxylic acids is 1. The minimum atomic E-state index is -0.483. The van der Waals surface area contributed by atoms with Crippen molar-refractivity contribution in [3.05, 3.63) is 71.3 Å². The summed E-state index contributed by atoms with van der Waals surface area (Å²) in [6.07, 6.45) is 7.19. The first-order chi connectivity index (χ1) is 11.2. The lowest BCUT2D eigenvalue weighted by Crippen LogP contribution is -2.51. The molecule has 3 heteroatoms. The van der Waals surface area contributed by atoms with Gasteiger partial charge in [-0.05, 0) is 36.6 Å². The van der Waals surface area contributed by atoms with Crippen LogP contribution in [0.5, 0.6) is 0 Å². The van der Waals surface area contributed by atoms with Crippen LogP contribution in [0.15, 0.2) is 54.6 Å². The minimum Gasteiger partial charge on any atom is -0.379 e. The van der Waals surface area contributed by atoms with E-state index in [-0.39, 0.29) is 5.91 Å². The van der Waals surface area contributed by atoms with Crippen LogP contribution in [0.1, 0.15) is 34.3 Å². The molecule has 2 aromatic carbocycles. The average molecular weight is 305 g/mol. The molecule has 1 heterocycles. The van der Waals surface area contributed by atoms with Gasteiger partial charge in [0.05, 0.1) is 12.1 Å². The third-order valence-electron chi connectivity index (χ3n) is 4.21. The molecule has 1 fully saturated rings. The summed E-state index contributed by atoms with van der Waals surface area (Å²) in [4.78, 5) is 12.7. The lowest BCUT2D eigenvalue weighted by Gasteiger charge is -2.38. The topological polar surface area (TPSA) is 38.3 Å². The molecule has 116 valence electrons. The molecule has 1 N–H and O–H groups in total. The second-order valence-corrected chi connectivity index (χ2v) is 5.78. The fourth-order valence-electron chi connectivity index (χ4n) is 2.99. The molecule has 1 aliphatic heterocycles. The Balaban J connectivity index is 1.90. The standard InChI is InChI=1S/C20H19NO2/c1-2-16-8-6-9-17(14-16)19(22)21-20(12-7-13-23-15-20)18-10-4-3-5-11-18/h1,3-6,8-11,14H,7,12-13,15H2,(H,21,22). The van der Waals surface area contributed by atoms with E-state index >= 15 is 0 Å². The van der Waals surface area contributed by atoms with Crippen LogP contribution in [-0.4, -0.2) is 19.1 Å². The van der Waals surface area contributed by atoms with Crippen molar-refractivity contribution in [2.24, 2.45) is 0 Å². The van der Waals surface area contributed by atoms with Crippen LogP contribution in [0.25, 0.3) is 0 Å². The Kier molecular flexibility index (Phi) is 4.45. The van der Waals surface area contributed by atoms with Crippen molar-refractivity contribution in [3.63, 3.8) is 0 Å². The summed E-state index contributed by atoms with van der Waals surface area (Å²) in [6.45, 7) is 1.22. The van der Waals surface area contributed by atoms with Crippen LogP contribution >= 0.6 is 0 Å². The van der Waals surface area contributed by atoms with Crippen LogP contribution in [0, 0.1) is 12.3 Å². The first-order valence-corrected chi connectivity index (χ1v) is 7.76. The molecule has 0 saturated carbocycles. The highest BCUT2D eigenvalue weighted by Gasteiger charge is 2.36. The predicted octanol–water partition coefficient (Wildman–Crippen LogP) is 3.10. The molecule has 0 aliphatic carbocycles. The summed E-state index contributed by atoms with van der Waals surface area (Å²) in [7, 11) is 0. The van der Waals surface area contributed by atoms with Crippen molar-refractivity contribution in [2.75, 3.05) is 13.2 Å². The summed E-state index contributed by atoms with van der Waals surface area (Å²) in [6, 6.07) is 17.1. The minimum absolute atomic E-state index is 0.128. The van der Waals surface area contributed by atoms with E-state index in [1.54, 1.807) is 18.2 Å². The Morgan fingerprint density at radius 1 is 1.17 bits per heavy atom. The number of amides is 1. The Bertz CT molecular complexity index is 725. The lowest BCUT2D eigenvalue weighted by molar-refractivity contribution is 0.0178. The number of hydrogen-bond donors (Lipinski definition) is 1. The molecule has 3 nitrogen and oxygen atoms in total. The van der Waals surface area contributed by atoms with Crippen LogP contribution in [-0.2, 0) is 10.3 Å². The molecule has 0 aromatic heterocycles. The molecule has 0 radical (unpaired) electrons. The van der Waals surface area contributed by atoms with Gasteiger partial charge in [0.2, 0.25) is 0 Å². The van der Waals surface area contributed by atoms with Gasteiger partial charge >= 0.3 is 0 Å². The first-order valence-electron chi connectivity index (χ1n) is 7.76. The van der Waals surface area contributed by atoms with Crippen molar-refractivity contribution < 1.29 is 9.53 Å². The molecule has 1 unspecified atom stereocenters. The maximum absolute atomic E-state index is 12.7. The van der Waals surface area contributed by atoms with E-state index in [4.69, 9.17) is 11.2 Å². The van der Waals surface area contributed by atoms with Gasteiger partial charge in [0.1, 0.15) is 0 Å². The molecular weight excluding hydrogens is 286 g/mol. The Hall–Kier alpha value is -2.57. The van der Waals surface area contributed by atoms with Gasteiger partial charge < -0.3 is 10.1 Å². The van der Waals surface area contributed by atoms with Gasteiger partial charge in [-0.1, -0.05) is 42.3 Å². The number of nitrogens with one attached hydrogen (secondary N) is 1. The second-order valence-electron chi connectivity index (χ2n) is 5.78. The number of ether oxygens (including phenoxy) is 1. The van der Waals surface area contributed by atoms with Crippen molar-refractivity contribution in [1.29, 1.82) is 0 Å². The zero-order valence-corrected chi connectivity index (χ0v) is 12.9. The molecule has 23 heavy (non-hydrogen) atoms. The zero-order valence-electron chi connectivity index (χ0n) is 12.9. The maximum Gasteiger partial charge on any atom is 0.252 e. The number of carbonyl (C=O) groups is 1. The van der Waals surface area contributed by atoms with Gasteiger partial charge in [0.25, 0.3) is 5.91 Å². The van der Waals surface area contributed by atoms with Gasteiger partial charge in [-0.3, -0.25) is 4.79 Å². The van der Waals surface area contributed by atoms with Crippen molar-refractivity contribution >= 4 is 5.91 Å². The third kappa shape index (κ3) is 3.28. The van der Waals surface area contributed by atoms with Gasteiger partial charge in [0.15, 0.2) is 0 Å². The lowest BCUT2D eigenvalue weighted by atomic mass is 9.84. The summed E-state index contributed by atoms with van der Waals surface area (Å²) < 4.78 is 5.67. The molecule has 0 spiro atoms. The molecule has 1 saturated heterocycles. The number of hydrogen-bond acceptors (Lipinski definition) is 2. The van der Waals surface area contributed by atoms with E-state index in [2.05, 4.69) is 11.2 Å². The summed E-state index contributed by atoms with van der Waals surface area (Å²) >= 11 is 0. The predicted molar refractivity (Wildman–Crippen MR) is 90.0 cm³/mol. The molecule has 1 atom stereocenters. The quantitative estimate of drug-likeness (QED) is 0.885. The molecule has 1 amide bonds. The van der Waals surface area contributed by atoms with E-state index < -0.39 is 5.54 Å². The monoisotopic (exact) mass is 305 g/mol. The van der Waals surface area contributed by atoms with E-state index in [1.165, 1.54) is 0 Å². The fraction of sp³-hybridized carbons (Fsp3) is 0.250. The largest absolute Gasteiger partial charge is 0.379 e. The summed E-state index contributed by atoms with van der Waals surface area (Å²) in [5.41, 5.74) is 1.86. The molecule has 0 bridgehead atoms. The highest BCUT2D eigenvalue weighted by atomic mass is 16.5. The van der Waals surface area contributed by atoms with E-state index in [0.717, 1.165) is 25.0 Å². The zero-order chi connectivity index (χ0) is 16.1. The van der Waals surface area contributed by atoms with Crippen LogP contribution in [0.3, 0.4) is 0 Å². The molecule has 2 aromatic rings.